The highest BCUT2D eigenvalue weighted by Crippen LogP contribution is 2.20. The van der Waals surface area contributed by atoms with Crippen molar-refractivity contribution in [3.05, 3.63) is 77.0 Å². The van der Waals surface area contributed by atoms with Crippen LogP contribution in [0, 0.1) is 18.6 Å². The van der Waals surface area contributed by atoms with Gasteiger partial charge in [0, 0.05) is 23.2 Å². The van der Waals surface area contributed by atoms with Gasteiger partial charge in [-0.15, -0.1) is 0 Å². The lowest BCUT2D eigenvalue weighted by atomic mass is 9.99. The molecule has 0 aliphatic heterocycles. The number of pyridine rings is 1. The first kappa shape index (κ1) is 13.4. The van der Waals surface area contributed by atoms with Crippen LogP contribution in [0.2, 0.25) is 0 Å². The van der Waals surface area contributed by atoms with Crippen LogP contribution in [-0.4, -0.2) is 10.8 Å². The minimum atomic E-state index is -0.852. The number of ketones is 1. The van der Waals surface area contributed by atoms with Gasteiger partial charge in [-0.1, -0.05) is 6.07 Å². The van der Waals surface area contributed by atoms with Gasteiger partial charge in [-0.3, -0.25) is 9.78 Å². The maximum Gasteiger partial charge on any atom is 0.196 e. The molecule has 2 aromatic carbocycles. The number of fused-ring (bicyclic) bond motifs is 1. The van der Waals surface area contributed by atoms with Gasteiger partial charge >= 0.3 is 0 Å². The molecule has 0 N–H and O–H groups in total. The Morgan fingerprint density at radius 2 is 1.86 bits per heavy atom. The van der Waals surface area contributed by atoms with Crippen LogP contribution in [0.4, 0.5) is 8.78 Å². The Labute approximate surface area is 120 Å². The predicted molar refractivity (Wildman–Crippen MR) is 76.3 cm³/mol. The summed E-state index contributed by atoms with van der Waals surface area (Å²) >= 11 is 0. The highest BCUT2D eigenvalue weighted by atomic mass is 19.1. The molecule has 0 aliphatic carbocycles. The monoisotopic (exact) mass is 283 g/mol. The van der Waals surface area contributed by atoms with Gasteiger partial charge in [0.25, 0.3) is 0 Å². The van der Waals surface area contributed by atoms with Crippen LogP contribution in [0.15, 0.2) is 48.7 Å². The molecule has 0 fully saturated rings. The fourth-order valence-corrected chi connectivity index (χ4v) is 2.20. The number of benzene rings is 2. The number of aryl methyl sites for hydroxylation is 1. The molecule has 0 saturated carbocycles. The molecular weight excluding hydrogens is 272 g/mol. The molecule has 0 amide bonds. The zero-order valence-corrected chi connectivity index (χ0v) is 11.2. The van der Waals surface area contributed by atoms with E-state index in [2.05, 4.69) is 4.98 Å². The second-order valence-corrected chi connectivity index (χ2v) is 4.82. The zero-order valence-electron chi connectivity index (χ0n) is 11.2. The highest BCUT2D eigenvalue weighted by Gasteiger charge is 2.16. The number of hydrogen-bond donors (Lipinski definition) is 0. The number of nitrogens with zero attached hydrogens (tertiary/aromatic N) is 1. The first-order chi connectivity index (χ1) is 10.1. The summed E-state index contributed by atoms with van der Waals surface area (Å²) in [6.07, 6.45) is 1.66. The fraction of sp³-hybridized carbons (Fsp3) is 0.0588. The van der Waals surface area contributed by atoms with E-state index in [0.29, 0.717) is 5.56 Å². The van der Waals surface area contributed by atoms with E-state index in [-0.39, 0.29) is 11.1 Å². The molecule has 0 aliphatic rings. The van der Waals surface area contributed by atoms with E-state index in [9.17, 15) is 13.6 Å². The highest BCUT2D eigenvalue weighted by molar-refractivity contribution is 6.10. The van der Waals surface area contributed by atoms with Crippen LogP contribution >= 0.6 is 0 Å². The molecule has 2 nitrogen and oxygen atoms in total. The van der Waals surface area contributed by atoms with E-state index in [1.165, 1.54) is 13.0 Å². The lowest BCUT2D eigenvalue weighted by Crippen LogP contribution is -2.06. The Kier molecular flexibility index (Phi) is 3.22. The van der Waals surface area contributed by atoms with E-state index in [0.717, 1.165) is 17.0 Å². The van der Waals surface area contributed by atoms with Crippen molar-refractivity contribution in [2.75, 3.05) is 0 Å². The van der Waals surface area contributed by atoms with Gasteiger partial charge in [0.2, 0.25) is 0 Å². The number of carbonyl (C=O) groups is 1. The summed E-state index contributed by atoms with van der Waals surface area (Å²) in [6.45, 7) is 1.50. The molecule has 21 heavy (non-hydrogen) atoms. The number of hydrogen-bond acceptors (Lipinski definition) is 2. The quantitative estimate of drug-likeness (QED) is 0.664. The lowest BCUT2D eigenvalue weighted by molar-refractivity contribution is 0.103. The maximum atomic E-state index is 13.8. The Morgan fingerprint density at radius 1 is 1.05 bits per heavy atom. The van der Waals surface area contributed by atoms with Gasteiger partial charge in [-0.25, -0.2) is 8.78 Å². The first-order valence-corrected chi connectivity index (χ1v) is 6.41. The Hall–Kier alpha value is -2.62. The molecule has 1 heterocycles. The van der Waals surface area contributed by atoms with E-state index in [1.807, 2.05) is 6.07 Å². The molecule has 0 saturated heterocycles. The second-order valence-electron chi connectivity index (χ2n) is 4.82. The van der Waals surface area contributed by atoms with Crippen LogP contribution in [-0.2, 0) is 0 Å². The van der Waals surface area contributed by atoms with Crippen LogP contribution in [0.1, 0.15) is 21.5 Å². The summed E-state index contributed by atoms with van der Waals surface area (Å²) in [5.74, 6) is -1.98. The average molecular weight is 283 g/mol. The van der Waals surface area contributed by atoms with E-state index >= 15 is 0 Å². The molecule has 0 unspecified atom stereocenters. The largest absolute Gasteiger partial charge is 0.288 e. The van der Waals surface area contributed by atoms with Gasteiger partial charge in [0.05, 0.1) is 11.1 Å². The molecular formula is C17H11F2NO. The lowest BCUT2D eigenvalue weighted by Gasteiger charge is -2.06. The molecule has 4 heteroatoms. The standard InChI is InChI=1S/C17H11F2NO/c1-10-7-13(15(19)9-14(10)18)17(21)12-4-5-16-11(8-12)3-2-6-20-16/h2-9H,1H3. The number of halogens is 2. The van der Waals surface area contributed by atoms with Crippen molar-refractivity contribution >= 4 is 16.7 Å². The van der Waals surface area contributed by atoms with E-state index in [1.54, 1.807) is 30.5 Å². The third kappa shape index (κ3) is 2.40. The average Bonchev–Trinajstić information content (AvgIpc) is 2.50. The number of rotatable bonds is 2. The van der Waals surface area contributed by atoms with Gasteiger partial charge in [0.15, 0.2) is 5.78 Å². The Morgan fingerprint density at radius 3 is 2.67 bits per heavy atom. The van der Waals surface area contributed by atoms with Crippen LogP contribution in [0.25, 0.3) is 10.9 Å². The normalized spacial score (nSPS) is 10.8. The summed E-state index contributed by atoms with van der Waals surface area (Å²) in [4.78, 5) is 16.6. The van der Waals surface area contributed by atoms with Crippen molar-refractivity contribution < 1.29 is 13.6 Å². The molecule has 0 radical (unpaired) electrons. The third-order valence-electron chi connectivity index (χ3n) is 3.36. The molecule has 3 aromatic rings. The van der Waals surface area contributed by atoms with Crippen molar-refractivity contribution in [1.29, 1.82) is 0 Å². The van der Waals surface area contributed by atoms with Gasteiger partial charge in [-0.05, 0) is 42.8 Å². The molecule has 0 bridgehead atoms. The van der Waals surface area contributed by atoms with Crippen molar-refractivity contribution in [2.24, 2.45) is 0 Å². The van der Waals surface area contributed by atoms with Gasteiger partial charge in [-0.2, -0.15) is 0 Å². The van der Waals surface area contributed by atoms with Crippen LogP contribution < -0.4 is 0 Å². The predicted octanol–water partition coefficient (Wildman–Crippen LogP) is 4.05. The smallest absolute Gasteiger partial charge is 0.196 e. The molecule has 1 aromatic heterocycles. The van der Waals surface area contributed by atoms with Crippen molar-refractivity contribution in [2.45, 2.75) is 6.92 Å². The molecule has 104 valence electrons. The summed E-state index contributed by atoms with van der Waals surface area (Å²) in [6, 6.07) is 10.5. The first-order valence-electron chi connectivity index (χ1n) is 6.41. The van der Waals surface area contributed by atoms with Crippen LogP contribution in [0.5, 0.6) is 0 Å². The van der Waals surface area contributed by atoms with Gasteiger partial charge < -0.3 is 0 Å². The summed E-state index contributed by atoms with van der Waals surface area (Å²) < 4.78 is 27.1. The zero-order chi connectivity index (χ0) is 15.0. The SMILES string of the molecule is Cc1cc(C(=O)c2ccc3ncccc3c2)c(F)cc1F. The number of aromatic nitrogens is 1. The fourth-order valence-electron chi connectivity index (χ4n) is 2.20. The maximum absolute atomic E-state index is 13.8. The van der Waals surface area contributed by atoms with Crippen molar-refractivity contribution in [3.63, 3.8) is 0 Å². The minimum absolute atomic E-state index is 0.128. The summed E-state index contributed by atoms with van der Waals surface area (Å²) in [5, 5.41) is 0.794. The third-order valence-corrected chi connectivity index (χ3v) is 3.36. The second kappa shape index (κ2) is 5.05. The Balaban J connectivity index is 2.10. The van der Waals surface area contributed by atoms with E-state index < -0.39 is 17.4 Å². The van der Waals surface area contributed by atoms with Crippen molar-refractivity contribution in [1.82, 2.24) is 4.98 Å². The summed E-state index contributed by atoms with van der Waals surface area (Å²) in [7, 11) is 0. The topological polar surface area (TPSA) is 30.0 Å². The molecule has 0 atom stereocenters. The van der Waals surface area contributed by atoms with Crippen LogP contribution in [0.3, 0.4) is 0 Å². The van der Waals surface area contributed by atoms with E-state index in [4.69, 9.17) is 0 Å². The summed E-state index contributed by atoms with van der Waals surface area (Å²) in [5.41, 5.74) is 1.21. The molecule has 3 rings (SSSR count). The molecule has 0 spiro atoms. The minimum Gasteiger partial charge on any atom is -0.288 e. The van der Waals surface area contributed by atoms with Gasteiger partial charge in [0.1, 0.15) is 11.6 Å². The van der Waals surface area contributed by atoms with Crippen molar-refractivity contribution in [3.8, 4) is 0 Å². The Bertz CT molecular complexity index is 859. The number of carbonyl (C=O) groups excluding carboxylic acids is 1.